The lowest BCUT2D eigenvalue weighted by Crippen LogP contribution is -2.38. The van der Waals surface area contributed by atoms with E-state index in [0.29, 0.717) is 0 Å². The number of hydrogen-bond donors (Lipinski definition) is 6. The summed E-state index contributed by atoms with van der Waals surface area (Å²) < 4.78 is 35.8. The molecule has 0 amide bonds. The Labute approximate surface area is 144 Å². The molecule has 1 aromatic heterocycles. The quantitative estimate of drug-likeness (QED) is 0.269. The van der Waals surface area contributed by atoms with Crippen molar-refractivity contribution in [1.29, 1.82) is 0 Å². The third kappa shape index (κ3) is 4.96. The number of aliphatic hydroxyl groups excluding tert-OH is 2. The van der Waals surface area contributed by atoms with Gasteiger partial charge in [0.05, 0.1) is 6.61 Å². The van der Waals surface area contributed by atoms with Gasteiger partial charge in [-0.2, -0.15) is 4.31 Å². The van der Waals surface area contributed by atoms with E-state index in [1.54, 1.807) is 0 Å². The van der Waals surface area contributed by atoms with Crippen molar-refractivity contribution in [1.82, 2.24) is 9.55 Å². The number of aromatic nitrogens is 2. The van der Waals surface area contributed by atoms with Gasteiger partial charge in [-0.3, -0.25) is 18.9 Å². The third-order valence-corrected chi connectivity index (χ3v) is 5.52. The van der Waals surface area contributed by atoms with Gasteiger partial charge in [0.1, 0.15) is 18.3 Å². The molecule has 0 aliphatic carbocycles. The van der Waals surface area contributed by atoms with Gasteiger partial charge >= 0.3 is 21.3 Å². The van der Waals surface area contributed by atoms with Crippen LogP contribution in [0.2, 0.25) is 0 Å². The van der Waals surface area contributed by atoms with Crippen LogP contribution in [-0.2, 0) is 22.7 Å². The summed E-state index contributed by atoms with van der Waals surface area (Å²) in [4.78, 5) is 51.3. The summed E-state index contributed by atoms with van der Waals surface area (Å²) >= 11 is 0. The van der Waals surface area contributed by atoms with Crippen LogP contribution < -0.4 is 11.2 Å². The van der Waals surface area contributed by atoms with Crippen LogP contribution >= 0.6 is 15.6 Å². The van der Waals surface area contributed by atoms with Crippen molar-refractivity contribution >= 4 is 15.6 Å². The molecule has 14 nitrogen and oxygen atoms in total. The summed E-state index contributed by atoms with van der Waals surface area (Å²) in [6, 6.07) is 0. The Morgan fingerprint density at radius 2 is 1.85 bits per heavy atom. The second kappa shape index (κ2) is 7.44. The molecule has 0 saturated carbocycles. The van der Waals surface area contributed by atoms with Gasteiger partial charge in [0.2, 0.25) is 0 Å². The second-order valence-corrected chi connectivity index (χ2v) is 8.19. The van der Waals surface area contributed by atoms with E-state index in [1.165, 1.54) is 6.92 Å². The van der Waals surface area contributed by atoms with Crippen LogP contribution in [-0.4, -0.2) is 59.4 Å². The van der Waals surface area contributed by atoms with E-state index in [-0.39, 0.29) is 5.56 Å². The molecule has 16 heteroatoms. The lowest BCUT2D eigenvalue weighted by atomic mass is 10.1. The lowest BCUT2D eigenvalue weighted by molar-refractivity contribution is -0.0543. The van der Waals surface area contributed by atoms with Gasteiger partial charge in [0.15, 0.2) is 6.23 Å². The van der Waals surface area contributed by atoms with Gasteiger partial charge in [0, 0.05) is 11.8 Å². The molecule has 0 spiro atoms. The number of ether oxygens (including phenoxy) is 1. The number of rotatable bonds is 6. The molecule has 2 rings (SSSR count). The number of phosphoric ester groups is 1. The van der Waals surface area contributed by atoms with Gasteiger partial charge in [-0.05, 0) is 6.92 Å². The van der Waals surface area contributed by atoms with Crippen molar-refractivity contribution in [3.05, 3.63) is 32.6 Å². The standard InChI is InChI=1S/C10H16N2O12P2/c1-4-2-12(10(16)11-8(4)15)9-7(14)6(13)5(23-9)3-22-26(20,21)24-25(17,18)19/h2,5-7,9,13-14H,3H2,1H3,(H,20,21)(H,11,15,16)(H2,17,18,19)/t5-,6?,7?,9-/m0/s1. The average molecular weight is 418 g/mol. The van der Waals surface area contributed by atoms with Crippen LogP contribution in [0.4, 0.5) is 0 Å². The van der Waals surface area contributed by atoms with Crippen LogP contribution in [0.3, 0.4) is 0 Å². The first-order valence-corrected chi connectivity index (χ1v) is 9.91. The normalized spacial score (nSPS) is 28.8. The Bertz CT molecular complexity index is 873. The molecule has 1 aliphatic rings. The number of aryl methyl sites for hydroxylation is 1. The molecule has 6 N–H and O–H groups in total. The molecule has 1 saturated heterocycles. The highest BCUT2D eigenvalue weighted by molar-refractivity contribution is 7.60. The summed E-state index contributed by atoms with van der Waals surface area (Å²) in [5.41, 5.74) is -1.48. The molecule has 0 aromatic carbocycles. The van der Waals surface area contributed by atoms with Crippen molar-refractivity contribution in [2.45, 2.75) is 31.5 Å². The lowest BCUT2D eigenvalue weighted by Gasteiger charge is -2.18. The first-order valence-electron chi connectivity index (χ1n) is 6.88. The largest absolute Gasteiger partial charge is 0.481 e. The van der Waals surface area contributed by atoms with Crippen molar-refractivity contribution in [2.24, 2.45) is 0 Å². The Morgan fingerprint density at radius 1 is 1.23 bits per heavy atom. The van der Waals surface area contributed by atoms with Gasteiger partial charge in [-0.1, -0.05) is 0 Å². The Morgan fingerprint density at radius 3 is 2.42 bits per heavy atom. The fourth-order valence-electron chi connectivity index (χ4n) is 2.20. The van der Waals surface area contributed by atoms with Crippen LogP contribution in [0.15, 0.2) is 15.8 Å². The predicted molar refractivity (Wildman–Crippen MR) is 80.9 cm³/mol. The highest BCUT2D eigenvalue weighted by Gasteiger charge is 2.45. The van der Waals surface area contributed by atoms with Crippen molar-refractivity contribution < 1.29 is 47.6 Å². The van der Waals surface area contributed by atoms with Crippen LogP contribution in [0.25, 0.3) is 0 Å². The van der Waals surface area contributed by atoms with E-state index in [0.717, 1.165) is 10.8 Å². The third-order valence-electron chi connectivity index (χ3n) is 3.37. The topological polar surface area (TPSA) is 218 Å². The summed E-state index contributed by atoms with van der Waals surface area (Å²) in [7, 11) is -10.5. The minimum Gasteiger partial charge on any atom is -0.387 e. The van der Waals surface area contributed by atoms with Crippen LogP contribution in [0, 0.1) is 6.92 Å². The van der Waals surface area contributed by atoms with E-state index in [1.807, 2.05) is 4.98 Å². The van der Waals surface area contributed by atoms with Gasteiger partial charge in [-0.15, -0.1) is 0 Å². The van der Waals surface area contributed by atoms with Crippen molar-refractivity contribution in [3.8, 4) is 0 Å². The van der Waals surface area contributed by atoms with E-state index >= 15 is 0 Å². The first-order chi connectivity index (χ1) is 11.8. The number of aliphatic hydroxyl groups is 2. The Hall–Kier alpha value is -1.18. The molecule has 5 atom stereocenters. The molecule has 1 fully saturated rings. The number of nitrogens with zero attached hydrogens (tertiary/aromatic N) is 1. The molecule has 1 aliphatic heterocycles. The van der Waals surface area contributed by atoms with Crippen LogP contribution in [0.1, 0.15) is 11.8 Å². The maximum absolute atomic E-state index is 11.8. The number of nitrogens with one attached hydrogen (secondary N) is 1. The summed E-state index contributed by atoms with van der Waals surface area (Å²) in [5.74, 6) is 0. The monoisotopic (exact) mass is 418 g/mol. The highest BCUT2D eigenvalue weighted by Crippen LogP contribution is 2.57. The molecule has 3 unspecified atom stereocenters. The summed E-state index contributed by atoms with van der Waals surface area (Å²) in [5, 5.41) is 19.9. The minimum atomic E-state index is -5.32. The van der Waals surface area contributed by atoms with Gasteiger partial charge < -0.3 is 29.6 Å². The molecule has 1 aromatic rings. The molecule has 0 radical (unpaired) electrons. The zero-order valence-electron chi connectivity index (χ0n) is 13.0. The van der Waals surface area contributed by atoms with Crippen molar-refractivity contribution in [3.63, 3.8) is 0 Å². The Kier molecular flexibility index (Phi) is 6.05. The number of hydrogen-bond acceptors (Lipinski definition) is 9. The maximum atomic E-state index is 11.8. The van der Waals surface area contributed by atoms with E-state index in [2.05, 4.69) is 8.83 Å². The molecule has 0 bridgehead atoms. The minimum absolute atomic E-state index is 0.115. The summed E-state index contributed by atoms with van der Waals surface area (Å²) in [6.07, 6.45) is -5.18. The number of phosphoric acid groups is 2. The van der Waals surface area contributed by atoms with E-state index in [9.17, 15) is 33.8 Å². The maximum Gasteiger partial charge on any atom is 0.481 e. The fraction of sp³-hybridized carbons (Fsp3) is 0.600. The molecule has 26 heavy (non-hydrogen) atoms. The second-order valence-electron chi connectivity index (χ2n) is 5.36. The fourth-order valence-corrected chi connectivity index (χ4v) is 3.80. The average Bonchev–Trinajstić information content (AvgIpc) is 2.75. The van der Waals surface area contributed by atoms with Crippen molar-refractivity contribution in [2.75, 3.05) is 6.61 Å². The number of aromatic amines is 1. The van der Waals surface area contributed by atoms with Crippen LogP contribution in [0.5, 0.6) is 0 Å². The zero-order chi connectivity index (χ0) is 19.9. The predicted octanol–water partition coefficient (Wildman–Crippen LogP) is -2.31. The SMILES string of the molecule is Cc1cn([C@H]2O[C@@H](COP(=O)(O)OP(=O)(O)O)C(O)C2O)c(=O)[nH]c1=O. The van der Waals surface area contributed by atoms with Gasteiger partial charge in [0.25, 0.3) is 5.56 Å². The molecular formula is C10H16N2O12P2. The van der Waals surface area contributed by atoms with Gasteiger partial charge in [-0.25, -0.2) is 13.9 Å². The zero-order valence-corrected chi connectivity index (χ0v) is 14.8. The smallest absolute Gasteiger partial charge is 0.387 e. The van der Waals surface area contributed by atoms with E-state index < -0.39 is 58.0 Å². The molecular weight excluding hydrogens is 402 g/mol. The molecule has 2 heterocycles. The summed E-state index contributed by atoms with van der Waals surface area (Å²) in [6.45, 7) is 0.480. The van der Waals surface area contributed by atoms with E-state index in [4.69, 9.17) is 14.5 Å². The molecule has 148 valence electrons. The first kappa shape index (κ1) is 21.1. The Balaban J connectivity index is 2.14. The highest BCUT2D eigenvalue weighted by atomic mass is 31.3. The number of H-pyrrole nitrogens is 1.